The van der Waals surface area contributed by atoms with Gasteiger partial charge in [0.05, 0.1) is 18.9 Å². The van der Waals surface area contributed by atoms with Crippen LogP contribution in [0.25, 0.3) is 11.5 Å². The van der Waals surface area contributed by atoms with Gasteiger partial charge in [-0.2, -0.15) is 0 Å². The Hall–Kier alpha value is -1.53. The third kappa shape index (κ3) is 1.97. The van der Waals surface area contributed by atoms with Gasteiger partial charge in [-0.15, -0.1) is 0 Å². The van der Waals surface area contributed by atoms with E-state index < -0.39 is 0 Å². The Kier molecular flexibility index (Phi) is 2.97. The summed E-state index contributed by atoms with van der Waals surface area (Å²) in [6.07, 6.45) is 2.47. The number of nitrogens with zero attached hydrogens (tertiary/aromatic N) is 3. The zero-order valence-electron chi connectivity index (χ0n) is 9.56. The van der Waals surface area contributed by atoms with E-state index in [0.29, 0.717) is 30.5 Å². The number of fused-ring (bicyclic) bond motifs is 1. The minimum Gasteiger partial charge on any atom is -0.383 e. The number of nitrogen functional groups attached to an aromatic ring is 1. The second-order valence-corrected chi connectivity index (χ2v) is 4.85. The third-order valence-electron chi connectivity index (χ3n) is 2.82. The van der Waals surface area contributed by atoms with Crippen LogP contribution in [0.2, 0.25) is 0 Å². The smallest absolute Gasteiger partial charge is 0.181 e. The number of rotatable bonds is 1. The van der Waals surface area contributed by atoms with Gasteiger partial charge in [-0.25, -0.2) is 9.97 Å². The molecule has 0 aromatic carbocycles. The van der Waals surface area contributed by atoms with Crippen molar-refractivity contribution in [1.82, 2.24) is 15.0 Å². The SMILES string of the molecule is Nc1nc(-c2ncccc2Br)nc2c1COCC2. The molecule has 3 heterocycles. The van der Waals surface area contributed by atoms with E-state index in [1.807, 2.05) is 12.1 Å². The van der Waals surface area contributed by atoms with Crippen molar-refractivity contribution in [2.24, 2.45) is 0 Å². The maximum atomic E-state index is 5.96. The Morgan fingerprint density at radius 3 is 3.06 bits per heavy atom. The second kappa shape index (κ2) is 4.62. The van der Waals surface area contributed by atoms with Crippen LogP contribution >= 0.6 is 15.9 Å². The molecule has 2 aromatic heterocycles. The first kappa shape index (κ1) is 11.6. The minimum atomic E-state index is 0.479. The quantitative estimate of drug-likeness (QED) is 0.871. The maximum Gasteiger partial charge on any atom is 0.181 e. The van der Waals surface area contributed by atoms with Gasteiger partial charge in [-0.1, -0.05) is 0 Å². The first-order chi connectivity index (χ1) is 8.75. The predicted molar refractivity (Wildman–Crippen MR) is 70.7 cm³/mol. The highest BCUT2D eigenvalue weighted by Crippen LogP contribution is 2.27. The summed E-state index contributed by atoms with van der Waals surface area (Å²) in [6, 6.07) is 3.76. The van der Waals surface area contributed by atoms with E-state index in [2.05, 4.69) is 30.9 Å². The topological polar surface area (TPSA) is 73.9 Å². The van der Waals surface area contributed by atoms with Crippen LogP contribution in [0.15, 0.2) is 22.8 Å². The number of pyridine rings is 1. The lowest BCUT2D eigenvalue weighted by molar-refractivity contribution is 0.109. The lowest BCUT2D eigenvalue weighted by Crippen LogP contribution is -2.16. The van der Waals surface area contributed by atoms with Crippen LogP contribution in [0, 0.1) is 0 Å². The molecule has 0 bridgehead atoms. The Bertz CT molecular complexity index is 603. The van der Waals surface area contributed by atoms with Crippen molar-refractivity contribution in [2.75, 3.05) is 12.3 Å². The van der Waals surface area contributed by atoms with Gasteiger partial charge in [0, 0.05) is 22.7 Å². The van der Waals surface area contributed by atoms with Crippen molar-refractivity contribution in [2.45, 2.75) is 13.0 Å². The number of aromatic nitrogens is 3. The molecule has 1 aliphatic heterocycles. The summed E-state index contributed by atoms with van der Waals surface area (Å²) in [5.74, 6) is 1.04. The number of anilines is 1. The summed E-state index contributed by atoms with van der Waals surface area (Å²) in [4.78, 5) is 13.1. The summed E-state index contributed by atoms with van der Waals surface area (Å²) < 4.78 is 6.22. The van der Waals surface area contributed by atoms with Crippen LogP contribution in [0.5, 0.6) is 0 Å². The van der Waals surface area contributed by atoms with Gasteiger partial charge in [-0.05, 0) is 28.1 Å². The number of nitrogens with two attached hydrogens (primary N) is 1. The Morgan fingerprint density at radius 1 is 1.33 bits per heavy atom. The normalized spacial score (nSPS) is 14.3. The van der Waals surface area contributed by atoms with Crippen LogP contribution in [0.4, 0.5) is 5.82 Å². The molecule has 0 unspecified atom stereocenters. The predicted octanol–water partition coefficient (Wildman–Crippen LogP) is 1.96. The highest BCUT2D eigenvalue weighted by molar-refractivity contribution is 9.10. The molecule has 0 fully saturated rings. The molecule has 5 nitrogen and oxygen atoms in total. The molecule has 3 rings (SSSR count). The van der Waals surface area contributed by atoms with Crippen LogP contribution in [-0.2, 0) is 17.8 Å². The summed E-state index contributed by atoms with van der Waals surface area (Å²) >= 11 is 3.45. The first-order valence-electron chi connectivity index (χ1n) is 5.59. The summed E-state index contributed by atoms with van der Waals surface area (Å²) in [5, 5.41) is 0. The molecule has 0 aliphatic carbocycles. The van der Waals surface area contributed by atoms with Gasteiger partial charge in [0.1, 0.15) is 11.5 Å². The maximum absolute atomic E-state index is 5.96. The molecule has 0 atom stereocenters. The number of hydrogen-bond acceptors (Lipinski definition) is 5. The van der Waals surface area contributed by atoms with E-state index in [0.717, 1.165) is 22.2 Å². The fourth-order valence-electron chi connectivity index (χ4n) is 1.91. The van der Waals surface area contributed by atoms with Gasteiger partial charge < -0.3 is 10.5 Å². The molecular formula is C12H11BrN4O. The highest BCUT2D eigenvalue weighted by Gasteiger charge is 2.18. The highest BCUT2D eigenvalue weighted by atomic mass is 79.9. The molecule has 2 N–H and O–H groups in total. The van der Waals surface area contributed by atoms with Crippen molar-refractivity contribution in [3.63, 3.8) is 0 Å². The fraction of sp³-hybridized carbons (Fsp3) is 0.250. The standard InChI is InChI=1S/C12H11BrN4O/c13-8-2-1-4-15-10(8)12-16-9-3-5-18-6-7(9)11(14)17-12/h1-2,4H,3,5-6H2,(H2,14,16,17). The van der Waals surface area contributed by atoms with Gasteiger partial charge in [0.2, 0.25) is 0 Å². The average Bonchev–Trinajstić information content (AvgIpc) is 2.39. The molecular weight excluding hydrogens is 296 g/mol. The lowest BCUT2D eigenvalue weighted by Gasteiger charge is -2.17. The van der Waals surface area contributed by atoms with Crippen molar-refractivity contribution in [3.8, 4) is 11.5 Å². The lowest BCUT2D eigenvalue weighted by atomic mass is 10.1. The zero-order valence-corrected chi connectivity index (χ0v) is 11.1. The van der Waals surface area contributed by atoms with E-state index >= 15 is 0 Å². The molecule has 0 amide bonds. The Balaban J connectivity index is 2.14. The van der Waals surface area contributed by atoms with Gasteiger partial charge >= 0.3 is 0 Å². The third-order valence-corrected chi connectivity index (χ3v) is 3.46. The molecule has 0 saturated heterocycles. The largest absolute Gasteiger partial charge is 0.383 e. The number of ether oxygens (including phenoxy) is 1. The number of halogens is 1. The average molecular weight is 307 g/mol. The summed E-state index contributed by atoms with van der Waals surface area (Å²) in [6.45, 7) is 1.16. The van der Waals surface area contributed by atoms with E-state index in [-0.39, 0.29) is 0 Å². The molecule has 92 valence electrons. The Morgan fingerprint density at radius 2 is 2.22 bits per heavy atom. The van der Waals surface area contributed by atoms with Crippen LogP contribution in [-0.4, -0.2) is 21.6 Å². The van der Waals surface area contributed by atoms with Gasteiger partial charge in [0.25, 0.3) is 0 Å². The molecule has 1 aliphatic rings. The van der Waals surface area contributed by atoms with E-state index in [1.54, 1.807) is 6.20 Å². The monoisotopic (exact) mass is 306 g/mol. The van der Waals surface area contributed by atoms with E-state index in [4.69, 9.17) is 10.5 Å². The minimum absolute atomic E-state index is 0.479. The van der Waals surface area contributed by atoms with Crippen LogP contribution < -0.4 is 5.73 Å². The molecule has 0 saturated carbocycles. The zero-order chi connectivity index (χ0) is 12.5. The van der Waals surface area contributed by atoms with Gasteiger partial charge in [0.15, 0.2) is 5.82 Å². The molecule has 6 heteroatoms. The second-order valence-electron chi connectivity index (χ2n) is 3.99. The molecule has 0 radical (unpaired) electrons. The Labute approximate surface area is 113 Å². The van der Waals surface area contributed by atoms with E-state index in [9.17, 15) is 0 Å². The van der Waals surface area contributed by atoms with Crippen molar-refractivity contribution < 1.29 is 4.74 Å². The number of hydrogen-bond donors (Lipinski definition) is 1. The van der Waals surface area contributed by atoms with Crippen molar-refractivity contribution in [3.05, 3.63) is 34.1 Å². The molecule has 18 heavy (non-hydrogen) atoms. The summed E-state index contributed by atoms with van der Waals surface area (Å²) in [5.41, 5.74) is 8.52. The van der Waals surface area contributed by atoms with Crippen LogP contribution in [0.3, 0.4) is 0 Å². The first-order valence-corrected chi connectivity index (χ1v) is 6.39. The van der Waals surface area contributed by atoms with Crippen molar-refractivity contribution in [1.29, 1.82) is 0 Å². The summed E-state index contributed by atoms with van der Waals surface area (Å²) in [7, 11) is 0. The van der Waals surface area contributed by atoms with E-state index in [1.165, 1.54) is 0 Å². The van der Waals surface area contributed by atoms with Crippen molar-refractivity contribution >= 4 is 21.7 Å². The molecule has 0 spiro atoms. The fourth-order valence-corrected chi connectivity index (χ4v) is 2.35. The molecule has 2 aromatic rings. The van der Waals surface area contributed by atoms with Crippen LogP contribution in [0.1, 0.15) is 11.3 Å². The van der Waals surface area contributed by atoms with Gasteiger partial charge in [-0.3, -0.25) is 4.98 Å².